The summed E-state index contributed by atoms with van der Waals surface area (Å²) in [5, 5.41) is 7.12. The second-order valence-corrected chi connectivity index (χ2v) is 5.91. The zero-order valence-corrected chi connectivity index (χ0v) is 13.1. The number of nitrogens with zero attached hydrogens (tertiary/aromatic N) is 3. The summed E-state index contributed by atoms with van der Waals surface area (Å²) in [5.41, 5.74) is 1.81. The van der Waals surface area contributed by atoms with Crippen molar-refractivity contribution in [1.29, 1.82) is 0 Å². The van der Waals surface area contributed by atoms with Gasteiger partial charge < -0.3 is 10.2 Å². The molecular formula is C17H20N4O2. The van der Waals surface area contributed by atoms with E-state index >= 15 is 0 Å². The minimum absolute atomic E-state index is 0.0242. The minimum Gasteiger partial charge on any atom is -0.346 e. The van der Waals surface area contributed by atoms with Crippen LogP contribution in [0.4, 0.5) is 5.69 Å². The van der Waals surface area contributed by atoms with E-state index in [2.05, 4.69) is 10.4 Å². The van der Waals surface area contributed by atoms with Gasteiger partial charge in [0.15, 0.2) is 0 Å². The molecule has 1 saturated heterocycles. The molecule has 2 amide bonds. The fourth-order valence-electron chi connectivity index (χ4n) is 2.70. The smallest absolute Gasteiger partial charge is 0.228 e. The molecule has 1 aromatic carbocycles. The zero-order valence-electron chi connectivity index (χ0n) is 13.1. The van der Waals surface area contributed by atoms with Crippen molar-refractivity contribution in [2.45, 2.75) is 19.4 Å². The number of anilines is 1. The lowest BCUT2D eigenvalue weighted by molar-refractivity contribution is -0.137. The Morgan fingerprint density at radius 1 is 1.35 bits per heavy atom. The highest BCUT2D eigenvalue weighted by Gasteiger charge is 2.28. The molecule has 3 rings (SSSR count). The Morgan fingerprint density at radius 3 is 2.87 bits per heavy atom. The zero-order chi connectivity index (χ0) is 16.2. The number of piperidine rings is 1. The Kier molecular flexibility index (Phi) is 4.41. The van der Waals surface area contributed by atoms with E-state index in [1.165, 1.54) is 0 Å². The lowest BCUT2D eigenvalue weighted by atomic mass is 9.95. The van der Waals surface area contributed by atoms with Crippen molar-refractivity contribution in [3.8, 4) is 0 Å². The molecule has 0 saturated carbocycles. The molecule has 23 heavy (non-hydrogen) atoms. The van der Waals surface area contributed by atoms with Crippen LogP contribution in [-0.2, 0) is 16.1 Å². The van der Waals surface area contributed by atoms with Gasteiger partial charge in [0.2, 0.25) is 11.8 Å². The van der Waals surface area contributed by atoms with Crippen LogP contribution >= 0.6 is 0 Å². The summed E-state index contributed by atoms with van der Waals surface area (Å²) in [5.74, 6) is -0.335. The summed E-state index contributed by atoms with van der Waals surface area (Å²) in [6.07, 6.45) is 4.42. The van der Waals surface area contributed by atoms with Gasteiger partial charge in [0.25, 0.3) is 0 Å². The molecule has 0 radical (unpaired) electrons. The van der Waals surface area contributed by atoms with Crippen LogP contribution in [0.15, 0.2) is 42.7 Å². The van der Waals surface area contributed by atoms with E-state index in [1.54, 1.807) is 22.8 Å². The molecule has 2 heterocycles. The maximum atomic E-state index is 12.3. The Morgan fingerprint density at radius 2 is 2.13 bits per heavy atom. The second-order valence-electron chi connectivity index (χ2n) is 5.91. The van der Waals surface area contributed by atoms with Gasteiger partial charge >= 0.3 is 0 Å². The maximum Gasteiger partial charge on any atom is 0.228 e. The van der Waals surface area contributed by atoms with Crippen molar-refractivity contribution in [2.24, 2.45) is 5.92 Å². The molecule has 0 bridgehead atoms. The quantitative estimate of drug-likeness (QED) is 0.935. The first-order valence-electron chi connectivity index (χ1n) is 7.73. The number of hydrogen-bond acceptors (Lipinski definition) is 3. The van der Waals surface area contributed by atoms with Crippen LogP contribution in [0, 0.1) is 5.92 Å². The first kappa shape index (κ1) is 15.3. The van der Waals surface area contributed by atoms with Gasteiger partial charge in [-0.05, 0) is 12.0 Å². The SMILES string of the molecule is CN1CCC(C(=O)Nc2cnn(Cc3ccccc3)c2)CC1=O. The molecule has 1 N–H and O–H groups in total. The summed E-state index contributed by atoms with van der Waals surface area (Å²) in [6.45, 7) is 1.29. The molecule has 6 nitrogen and oxygen atoms in total. The van der Waals surface area contributed by atoms with Gasteiger partial charge in [-0.15, -0.1) is 0 Å². The maximum absolute atomic E-state index is 12.3. The van der Waals surface area contributed by atoms with E-state index in [0.717, 1.165) is 5.56 Å². The number of carbonyl (C=O) groups is 2. The fourth-order valence-corrected chi connectivity index (χ4v) is 2.70. The number of likely N-dealkylation sites (tertiary alicyclic amines) is 1. The topological polar surface area (TPSA) is 67.2 Å². The molecule has 1 fully saturated rings. The van der Waals surface area contributed by atoms with E-state index in [-0.39, 0.29) is 24.2 Å². The molecule has 1 aliphatic rings. The highest BCUT2D eigenvalue weighted by atomic mass is 16.2. The average Bonchev–Trinajstić information content (AvgIpc) is 2.98. The number of nitrogens with one attached hydrogen (secondary N) is 1. The van der Waals surface area contributed by atoms with Crippen molar-refractivity contribution >= 4 is 17.5 Å². The molecule has 1 aliphatic heterocycles. The van der Waals surface area contributed by atoms with Gasteiger partial charge in [0, 0.05) is 32.1 Å². The van der Waals surface area contributed by atoms with E-state index in [9.17, 15) is 9.59 Å². The molecule has 1 aromatic heterocycles. The first-order chi connectivity index (χ1) is 11.1. The Bertz CT molecular complexity index is 696. The van der Waals surface area contributed by atoms with Crippen LogP contribution < -0.4 is 5.32 Å². The summed E-state index contributed by atoms with van der Waals surface area (Å²) in [4.78, 5) is 25.6. The first-order valence-corrected chi connectivity index (χ1v) is 7.73. The third kappa shape index (κ3) is 3.77. The summed E-state index contributed by atoms with van der Waals surface area (Å²) < 4.78 is 1.78. The van der Waals surface area contributed by atoms with Crippen LogP contribution in [-0.4, -0.2) is 40.1 Å². The molecular weight excluding hydrogens is 292 g/mol. The third-order valence-electron chi connectivity index (χ3n) is 4.12. The molecule has 120 valence electrons. The standard InChI is InChI=1S/C17H20N4O2/c1-20-8-7-14(9-16(20)22)17(23)19-15-10-18-21(12-15)11-13-5-3-2-4-6-13/h2-6,10,12,14H,7-9,11H2,1H3,(H,19,23). The van der Waals surface area contributed by atoms with E-state index in [1.807, 2.05) is 36.5 Å². The van der Waals surface area contributed by atoms with Crippen LogP contribution in [0.25, 0.3) is 0 Å². The van der Waals surface area contributed by atoms with Gasteiger partial charge in [0.1, 0.15) is 0 Å². The van der Waals surface area contributed by atoms with Crippen LogP contribution in [0.5, 0.6) is 0 Å². The second kappa shape index (κ2) is 6.64. The number of amides is 2. The lowest BCUT2D eigenvalue weighted by Crippen LogP contribution is -2.39. The highest BCUT2D eigenvalue weighted by Crippen LogP contribution is 2.19. The van der Waals surface area contributed by atoms with Crippen molar-refractivity contribution in [3.63, 3.8) is 0 Å². The fraction of sp³-hybridized carbons (Fsp3) is 0.353. The normalized spacial score (nSPS) is 18.0. The van der Waals surface area contributed by atoms with Crippen molar-refractivity contribution in [1.82, 2.24) is 14.7 Å². The van der Waals surface area contributed by atoms with Crippen LogP contribution in [0.3, 0.4) is 0 Å². The van der Waals surface area contributed by atoms with Crippen molar-refractivity contribution < 1.29 is 9.59 Å². The van der Waals surface area contributed by atoms with Crippen LogP contribution in [0.2, 0.25) is 0 Å². The van der Waals surface area contributed by atoms with E-state index in [4.69, 9.17) is 0 Å². The van der Waals surface area contributed by atoms with Crippen LogP contribution in [0.1, 0.15) is 18.4 Å². The Hall–Kier alpha value is -2.63. The molecule has 2 aromatic rings. The average molecular weight is 312 g/mol. The monoisotopic (exact) mass is 312 g/mol. The molecule has 1 atom stereocenters. The number of benzene rings is 1. The number of aromatic nitrogens is 2. The molecule has 6 heteroatoms. The summed E-state index contributed by atoms with van der Waals surface area (Å²) in [7, 11) is 1.77. The van der Waals surface area contributed by atoms with E-state index in [0.29, 0.717) is 25.2 Å². The van der Waals surface area contributed by atoms with Crippen molar-refractivity contribution in [2.75, 3.05) is 18.9 Å². The molecule has 0 aliphatic carbocycles. The van der Waals surface area contributed by atoms with Gasteiger partial charge in [-0.25, -0.2) is 0 Å². The minimum atomic E-state index is -0.254. The van der Waals surface area contributed by atoms with Gasteiger partial charge in [0.05, 0.1) is 18.4 Å². The van der Waals surface area contributed by atoms with E-state index < -0.39 is 0 Å². The number of carbonyl (C=O) groups excluding carboxylic acids is 2. The number of rotatable bonds is 4. The van der Waals surface area contributed by atoms with Crippen molar-refractivity contribution in [3.05, 3.63) is 48.3 Å². The Balaban J connectivity index is 1.58. The van der Waals surface area contributed by atoms with Gasteiger partial charge in [-0.1, -0.05) is 30.3 Å². The predicted molar refractivity (Wildman–Crippen MR) is 86.8 cm³/mol. The molecule has 0 spiro atoms. The third-order valence-corrected chi connectivity index (χ3v) is 4.12. The Labute approximate surface area is 135 Å². The summed E-state index contributed by atoms with van der Waals surface area (Å²) >= 11 is 0. The largest absolute Gasteiger partial charge is 0.346 e. The highest BCUT2D eigenvalue weighted by molar-refractivity contribution is 5.95. The molecule has 1 unspecified atom stereocenters. The van der Waals surface area contributed by atoms with Gasteiger partial charge in [-0.3, -0.25) is 14.3 Å². The summed E-state index contributed by atoms with van der Waals surface area (Å²) in [6, 6.07) is 10.0. The van der Waals surface area contributed by atoms with Gasteiger partial charge in [-0.2, -0.15) is 5.10 Å². The predicted octanol–water partition coefficient (Wildman–Crippen LogP) is 1.74. The number of hydrogen-bond donors (Lipinski definition) is 1. The lowest BCUT2D eigenvalue weighted by Gasteiger charge is -2.27.